The zero-order chi connectivity index (χ0) is 18.2. The first-order valence-electron chi connectivity index (χ1n) is 9.87. The normalized spacial score (nSPS) is 17.0. The molecule has 4 nitrogen and oxygen atoms in total. The molecule has 0 spiro atoms. The molecule has 1 amide bonds. The average molecular weight is 360 g/mol. The monoisotopic (exact) mass is 360 g/mol. The Morgan fingerprint density at radius 2 is 1.85 bits per heavy atom. The fourth-order valence-corrected chi connectivity index (χ4v) is 3.97. The molecule has 2 heterocycles. The molecule has 0 bridgehead atoms. The number of fused-ring (bicyclic) bond motifs is 3. The molecular formula is C23H24N2O2. The maximum absolute atomic E-state index is 13.0. The quantitative estimate of drug-likeness (QED) is 0.672. The fraction of sp³-hybridized carbons (Fsp3) is 0.348. The van der Waals surface area contributed by atoms with Gasteiger partial charge in [-0.05, 0) is 55.0 Å². The van der Waals surface area contributed by atoms with Gasteiger partial charge in [0.15, 0.2) is 0 Å². The Morgan fingerprint density at radius 3 is 2.67 bits per heavy atom. The number of amides is 1. The molecular weight excluding hydrogens is 336 g/mol. The molecule has 1 aliphatic heterocycles. The Labute approximate surface area is 159 Å². The summed E-state index contributed by atoms with van der Waals surface area (Å²) in [4.78, 5) is 15.1. The molecule has 0 unspecified atom stereocenters. The maximum atomic E-state index is 13.0. The second-order valence-corrected chi connectivity index (χ2v) is 7.72. The van der Waals surface area contributed by atoms with Crippen LogP contribution in [-0.2, 0) is 13.2 Å². The van der Waals surface area contributed by atoms with E-state index in [4.69, 9.17) is 4.74 Å². The highest BCUT2D eigenvalue weighted by Gasteiger charge is 2.30. The van der Waals surface area contributed by atoms with E-state index < -0.39 is 0 Å². The second-order valence-electron chi connectivity index (χ2n) is 7.72. The minimum atomic E-state index is 0.183. The SMILES string of the molecule is O=C1c2cc3cc(OCc4ccccc4)ccc3n2CCCN1CC1CC1. The largest absolute Gasteiger partial charge is 0.489 e. The third-order valence-corrected chi connectivity index (χ3v) is 5.61. The van der Waals surface area contributed by atoms with Crippen molar-refractivity contribution in [3.8, 4) is 5.75 Å². The Balaban J connectivity index is 1.40. The summed E-state index contributed by atoms with van der Waals surface area (Å²) in [7, 11) is 0. The number of aromatic nitrogens is 1. The Morgan fingerprint density at radius 1 is 1.00 bits per heavy atom. The second kappa shape index (κ2) is 6.76. The van der Waals surface area contributed by atoms with E-state index in [1.54, 1.807) is 0 Å². The van der Waals surface area contributed by atoms with Crippen molar-refractivity contribution in [3.63, 3.8) is 0 Å². The summed E-state index contributed by atoms with van der Waals surface area (Å²) in [6, 6.07) is 18.4. The molecule has 0 saturated heterocycles. The number of ether oxygens (including phenoxy) is 1. The Bertz CT molecular complexity index is 973. The van der Waals surface area contributed by atoms with E-state index in [2.05, 4.69) is 33.7 Å². The van der Waals surface area contributed by atoms with E-state index in [0.717, 1.165) is 59.9 Å². The molecule has 3 aromatic rings. The lowest BCUT2D eigenvalue weighted by Gasteiger charge is -2.19. The highest BCUT2D eigenvalue weighted by Crippen LogP contribution is 2.32. The van der Waals surface area contributed by atoms with Crippen molar-refractivity contribution in [1.29, 1.82) is 0 Å². The highest BCUT2D eigenvalue weighted by atomic mass is 16.5. The summed E-state index contributed by atoms with van der Waals surface area (Å²) in [6.07, 6.45) is 3.56. The zero-order valence-electron chi connectivity index (χ0n) is 15.4. The number of rotatable bonds is 5. The van der Waals surface area contributed by atoms with Crippen LogP contribution in [0.3, 0.4) is 0 Å². The number of carbonyl (C=O) groups is 1. The van der Waals surface area contributed by atoms with E-state index in [1.807, 2.05) is 30.3 Å². The van der Waals surface area contributed by atoms with Crippen molar-refractivity contribution >= 4 is 16.8 Å². The smallest absolute Gasteiger partial charge is 0.270 e. The van der Waals surface area contributed by atoms with Gasteiger partial charge in [0.05, 0.1) is 0 Å². The molecule has 0 radical (unpaired) electrons. The average Bonchev–Trinajstić information content (AvgIpc) is 3.47. The molecule has 0 N–H and O–H groups in total. The minimum Gasteiger partial charge on any atom is -0.489 e. The fourth-order valence-electron chi connectivity index (χ4n) is 3.97. The van der Waals surface area contributed by atoms with E-state index in [1.165, 1.54) is 12.8 Å². The van der Waals surface area contributed by atoms with E-state index in [-0.39, 0.29) is 5.91 Å². The third kappa shape index (κ3) is 3.32. The molecule has 1 aliphatic carbocycles. The predicted octanol–water partition coefficient (Wildman–Crippen LogP) is 4.48. The van der Waals surface area contributed by atoms with Gasteiger partial charge in [-0.25, -0.2) is 0 Å². The van der Waals surface area contributed by atoms with Crippen LogP contribution in [0.15, 0.2) is 54.6 Å². The number of carbonyl (C=O) groups excluding carboxylic acids is 1. The van der Waals surface area contributed by atoms with Gasteiger partial charge in [-0.1, -0.05) is 30.3 Å². The summed E-state index contributed by atoms with van der Waals surface area (Å²) in [6.45, 7) is 3.24. The molecule has 1 fully saturated rings. The van der Waals surface area contributed by atoms with Gasteiger partial charge in [0, 0.05) is 30.5 Å². The number of hydrogen-bond acceptors (Lipinski definition) is 2. The minimum absolute atomic E-state index is 0.183. The Hall–Kier alpha value is -2.75. The van der Waals surface area contributed by atoms with Gasteiger partial charge in [-0.15, -0.1) is 0 Å². The van der Waals surface area contributed by atoms with Crippen LogP contribution < -0.4 is 4.74 Å². The summed E-state index contributed by atoms with van der Waals surface area (Å²) in [5.74, 6) is 1.75. The first-order chi connectivity index (χ1) is 13.3. The standard InChI is InChI=1S/C23H24N2O2/c26-23-22-14-19-13-20(27-16-18-5-2-1-3-6-18)9-10-21(19)25(22)12-4-11-24(23)15-17-7-8-17/h1-3,5-6,9-10,13-14,17H,4,7-8,11-12,15-16H2. The molecule has 5 rings (SSSR count). The van der Waals surface area contributed by atoms with Crippen LogP contribution >= 0.6 is 0 Å². The summed E-state index contributed by atoms with van der Waals surface area (Å²) in [5, 5.41) is 1.08. The van der Waals surface area contributed by atoms with Crippen molar-refractivity contribution in [2.24, 2.45) is 5.92 Å². The first-order valence-corrected chi connectivity index (χ1v) is 9.87. The summed E-state index contributed by atoms with van der Waals surface area (Å²) >= 11 is 0. The van der Waals surface area contributed by atoms with Crippen LogP contribution in [0.2, 0.25) is 0 Å². The van der Waals surface area contributed by atoms with Crippen molar-refractivity contribution in [2.45, 2.75) is 32.4 Å². The van der Waals surface area contributed by atoms with Crippen molar-refractivity contribution in [3.05, 3.63) is 65.9 Å². The lowest BCUT2D eigenvalue weighted by molar-refractivity contribution is 0.0750. The number of aryl methyl sites for hydroxylation is 1. The van der Waals surface area contributed by atoms with Gasteiger partial charge in [0.25, 0.3) is 5.91 Å². The van der Waals surface area contributed by atoms with Crippen molar-refractivity contribution in [1.82, 2.24) is 9.47 Å². The van der Waals surface area contributed by atoms with Gasteiger partial charge in [-0.2, -0.15) is 0 Å². The predicted molar refractivity (Wildman–Crippen MR) is 106 cm³/mol. The van der Waals surface area contributed by atoms with Crippen LogP contribution in [0, 0.1) is 5.92 Å². The van der Waals surface area contributed by atoms with Crippen LogP contribution in [0.25, 0.3) is 10.9 Å². The van der Waals surface area contributed by atoms with E-state index in [0.29, 0.717) is 6.61 Å². The van der Waals surface area contributed by atoms with Gasteiger partial charge in [0.1, 0.15) is 18.1 Å². The molecule has 138 valence electrons. The molecule has 2 aromatic carbocycles. The number of nitrogens with zero attached hydrogens (tertiary/aromatic N) is 2. The van der Waals surface area contributed by atoms with Crippen molar-refractivity contribution in [2.75, 3.05) is 13.1 Å². The van der Waals surface area contributed by atoms with Crippen LogP contribution in [-0.4, -0.2) is 28.5 Å². The molecule has 0 atom stereocenters. The topological polar surface area (TPSA) is 34.5 Å². The zero-order valence-corrected chi connectivity index (χ0v) is 15.4. The summed E-state index contributed by atoms with van der Waals surface area (Å²) < 4.78 is 8.15. The van der Waals surface area contributed by atoms with E-state index >= 15 is 0 Å². The van der Waals surface area contributed by atoms with Crippen LogP contribution in [0.1, 0.15) is 35.3 Å². The van der Waals surface area contributed by atoms with Gasteiger partial charge >= 0.3 is 0 Å². The lowest BCUT2D eigenvalue weighted by atomic mass is 10.2. The van der Waals surface area contributed by atoms with Crippen LogP contribution in [0.4, 0.5) is 0 Å². The molecule has 27 heavy (non-hydrogen) atoms. The highest BCUT2D eigenvalue weighted by molar-refractivity contribution is 5.99. The van der Waals surface area contributed by atoms with Crippen LogP contribution in [0.5, 0.6) is 5.75 Å². The van der Waals surface area contributed by atoms with Gasteiger partial charge in [-0.3, -0.25) is 4.79 Å². The first kappa shape index (κ1) is 16.4. The summed E-state index contributed by atoms with van der Waals surface area (Å²) in [5.41, 5.74) is 3.10. The molecule has 2 aliphatic rings. The Kier molecular flexibility index (Phi) is 4.12. The third-order valence-electron chi connectivity index (χ3n) is 5.61. The van der Waals surface area contributed by atoms with Gasteiger partial charge < -0.3 is 14.2 Å². The molecule has 4 heteroatoms. The number of benzene rings is 2. The molecule has 1 saturated carbocycles. The molecule has 1 aromatic heterocycles. The number of hydrogen-bond donors (Lipinski definition) is 0. The van der Waals surface area contributed by atoms with E-state index in [9.17, 15) is 4.79 Å². The maximum Gasteiger partial charge on any atom is 0.270 e. The lowest BCUT2D eigenvalue weighted by Crippen LogP contribution is -2.32. The van der Waals surface area contributed by atoms with Crippen molar-refractivity contribution < 1.29 is 9.53 Å². The van der Waals surface area contributed by atoms with Gasteiger partial charge in [0.2, 0.25) is 0 Å².